The first-order chi connectivity index (χ1) is 8.29. The highest BCUT2D eigenvalue weighted by Crippen LogP contribution is 3.02. The van der Waals surface area contributed by atoms with Crippen LogP contribution in [0.1, 0.15) is 12.0 Å². The summed E-state index contributed by atoms with van der Waals surface area (Å²) < 4.78 is 63.1. The summed E-state index contributed by atoms with van der Waals surface area (Å²) in [6.07, 6.45) is 0.566. The van der Waals surface area contributed by atoms with Gasteiger partial charge in [0.25, 0.3) is 0 Å². The van der Waals surface area contributed by atoms with Crippen LogP contribution in [0.4, 0.5) is 19.4 Å². The van der Waals surface area contributed by atoms with Gasteiger partial charge in [0.15, 0.2) is 0 Å². The van der Waals surface area contributed by atoms with Crippen LogP contribution in [0.2, 0.25) is 0 Å². The van der Waals surface area contributed by atoms with E-state index in [1.54, 1.807) is 14.1 Å². The fraction of sp³-hybridized carbons (Fsp3) is 0.455. The summed E-state index contributed by atoms with van der Waals surface area (Å²) in [6, 6.07) is 1.22. The maximum atomic E-state index is 12.6. The van der Waals surface area contributed by atoms with Crippen LogP contribution >= 0.6 is 10.2 Å². The standard InChI is InChI=1S/C11H16F5NOS/c1-17(2)7-3-4-9-8-10(5-6-11(9)18)19(12,13,14,15)16/h5-6,8,18H,3-4,7H2,1-2H3. The molecule has 0 saturated carbocycles. The molecular formula is C11H16F5NOS. The zero-order chi connectivity index (χ0) is 15.0. The summed E-state index contributed by atoms with van der Waals surface area (Å²) in [5.74, 6) is -0.399. The molecule has 0 spiro atoms. The monoisotopic (exact) mass is 305 g/mol. The molecule has 1 N–H and O–H groups in total. The smallest absolute Gasteiger partial charge is 0.310 e. The van der Waals surface area contributed by atoms with Crippen LogP contribution in [0.15, 0.2) is 23.1 Å². The van der Waals surface area contributed by atoms with Crippen LogP contribution in [-0.2, 0) is 6.42 Å². The largest absolute Gasteiger partial charge is 0.508 e. The van der Waals surface area contributed by atoms with Gasteiger partial charge >= 0.3 is 10.2 Å². The Morgan fingerprint density at radius 1 is 1.11 bits per heavy atom. The van der Waals surface area contributed by atoms with Crippen LogP contribution in [0.3, 0.4) is 0 Å². The second-order valence-corrected chi connectivity index (χ2v) is 7.08. The van der Waals surface area contributed by atoms with E-state index in [9.17, 15) is 24.5 Å². The summed E-state index contributed by atoms with van der Waals surface area (Å²) in [6.45, 7) is 0.583. The van der Waals surface area contributed by atoms with Crippen LogP contribution in [0.5, 0.6) is 5.75 Å². The van der Waals surface area contributed by atoms with Gasteiger partial charge in [0.05, 0.1) is 0 Å². The first-order valence-corrected chi connectivity index (χ1v) is 7.45. The van der Waals surface area contributed by atoms with Crippen molar-refractivity contribution in [1.82, 2.24) is 4.90 Å². The van der Waals surface area contributed by atoms with Crippen molar-refractivity contribution < 1.29 is 24.5 Å². The van der Waals surface area contributed by atoms with E-state index in [-0.39, 0.29) is 18.1 Å². The highest BCUT2D eigenvalue weighted by Gasteiger charge is 2.65. The van der Waals surface area contributed by atoms with E-state index >= 15 is 0 Å². The second kappa shape index (κ2) is 4.24. The van der Waals surface area contributed by atoms with Gasteiger partial charge < -0.3 is 10.0 Å². The highest BCUT2D eigenvalue weighted by molar-refractivity contribution is 8.45. The maximum Gasteiger partial charge on any atom is 0.310 e. The Bertz CT molecular complexity index is 471. The van der Waals surface area contributed by atoms with Crippen LogP contribution in [-0.4, -0.2) is 30.6 Å². The number of nitrogens with zero attached hydrogens (tertiary/aromatic N) is 1. The zero-order valence-electron chi connectivity index (χ0n) is 10.5. The average Bonchev–Trinajstić information content (AvgIpc) is 2.16. The fourth-order valence-electron chi connectivity index (χ4n) is 1.59. The number of halogens is 5. The molecule has 0 aromatic heterocycles. The van der Waals surface area contributed by atoms with E-state index in [4.69, 9.17) is 0 Å². The molecular weight excluding hydrogens is 289 g/mol. The molecule has 0 aliphatic carbocycles. The van der Waals surface area contributed by atoms with Crippen LogP contribution in [0, 0.1) is 0 Å². The topological polar surface area (TPSA) is 23.5 Å². The predicted octanol–water partition coefficient (Wildman–Crippen LogP) is 4.54. The molecule has 19 heavy (non-hydrogen) atoms. The van der Waals surface area contributed by atoms with Crippen LogP contribution < -0.4 is 0 Å². The van der Waals surface area contributed by atoms with Gasteiger partial charge in [0, 0.05) is 0 Å². The van der Waals surface area contributed by atoms with E-state index in [1.165, 1.54) is 0 Å². The maximum absolute atomic E-state index is 12.6. The summed E-state index contributed by atoms with van der Waals surface area (Å²) in [5, 5.41) is 9.42. The molecule has 0 atom stereocenters. The van der Waals surface area contributed by atoms with Crippen LogP contribution in [0.25, 0.3) is 0 Å². The minimum atomic E-state index is -9.68. The Hall–Kier alpha value is -1.02. The van der Waals surface area contributed by atoms with Gasteiger partial charge in [-0.1, -0.05) is 19.4 Å². The van der Waals surface area contributed by atoms with Crippen molar-refractivity contribution in [2.45, 2.75) is 17.7 Å². The first-order valence-electron chi connectivity index (χ1n) is 5.50. The number of hydrogen-bond donors (Lipinski definition) is 1. The van der Waals surface area contributed by atoms with Gasteiger partial charge in [-0.05, 0) is 57.2 Å². The molecule has 0 saturated heterocycles. The molecule has 0 aliphatic rings. The summed E-state index contributed by atoms with van der Waals surface area (Å²) in [7, 11) is -6.11. The lowest BCUT2D eigenvalue weighted by atomic mass is 10.1. The molecule has 2 nitrogen and oxygen atoms in total. The molecule has 0 bridgehead atoms. The molecule has 0 radical (unpaired) electrons. The van der Waals surface area contributed by atoms with Gasteiger partial charge in [0.1, 0.15) is 10.6 Å². The number of phenols is 1. The minimum absolute atomic E-state index is 0.103. The lowest BCUT2D eigenvalue weighted by Gasteiger charge is -2.40. The summed E-state index contributed by atoms with van der Waals surface area (Å²) >= 11 is 0. The number of phenolic OH excluding ortho intramolecular Hbond substituents is 1. The third-order valence-corrected chi connectivity index (χ3v) is 3.69. The van der Waals surface area contributed by atoms with Gasteiger partial charge in [0.2, 0.25) is 0 Å². The van der Waals surface area contributed by atoms with Crippen molar-refractivity contribution in [3.05, 3.63) is 23.8 Å². The number of hydrogen-bond acceptors (Lipinski definition) is 2. The molecule has 112 valence electrons. The van der Waals surface area contributed by atoms with E-state index in [1.807, 2.05) is 4.90 Å². The van der Waals surface area contributed by atoms with Crippen molar-refractivity contribution in [2.75, 3.05) is 20.6 Å². The quantitative estimate of drug-likeness (QED) is 0.807. The number of aromatic hydroxyl groups is 1. The third kappa shape index (κ3) is 4.87. The van der Waals surface area contributed by atoms with E-state index in [0.29, 0.717) is 25.1 Å². The Balaban J connectivity index is 3.03. The average molecular weight is 305 g/mol. The molecule has 0 heterocycles. The van der Waals surface area contributed by atoms with E-state index in [2.05, 4.69) is 0 Å². The Morgan fingerprint density at radius 3 is 2.16 bits per heavy atom. The molecule has 1 rings (SSSR count). The van der Waals surface area contributed by atoms with Gasteiger partial charge in [-0.15, -0.1) is 0 Å². The van der Waals surface area contributed by atoms with Crippen molar-refractivity contribution in [2.24, 2.45) is 0 Å². The zero-order valence-corrected chi connectivity index (χ0v) is 11.4. The summed E-state index contributed by atoms with van der Waals surface area (Å²) in [4.78, 5) is -0.150. The second-order valence-electron chi connectivity index (χ2n) is 4.67. The number of rotatable bonds is 5. The van der Waals surface area contributed by atoms with Gasteiger partial charge in [-0.3, -0.25) is 0 Å². The van der Waals surface area contributed by atoms with Gasteiger partial charge in [-0.2, -0.15) is 0 Å². The predicted molar refractivity (Wildman–Crippen MR) is 66.4 cm³/mol. The Morgan fingerprint density at radius 2 is 1.68 bits per heavy atom. The molecule has 0 unspecified atom stereocenters. The number of aryl methyl sites for hydroxylation is 1. The van der Waals surface area contributed by atoms with Crippen molar-refractivity contribution in [3.63, 3.8) is 0 Å². The lowest BCUT2D eigenvalue weighted by Crippen LogP contribution is -2.13. The number of benzene rings is 1. The Kier molecular flexibility index (Phi) is 3.58. The van der Waals surface area contributed by atoms with Crippen molar-refractivity contribution in [1.29, 1.82) is 0 Å². The lowest BCUT2D eigenvalue weighted by molar-refractivity contribution is 0.363. The molecule has 8 heteroatoms. The molecule has 1 aromatic carbocycles. The molecule has 1 aromatic rings. The molecule has 0 aliphatic heterocycles. The van der Waals surface area contributed by atoms with Gasteiger partial charge in [-0.25, -0.2) is 0 Å². The first kappa shape index (κ1) is 16.0. The summed E-state index contributed by atoms with van der Waals surface area (Å²) in [5.41, 5.74) is -0.118. The minimum Gasteiger partial charge on any atom is -0.508 e. The molecule has 0 fully saturated rings. The molecule has 0 amide bonds. The highest BCUT2D eigenvalue weighted by atomic mass is 32.5. The fourth-order valence-corrected chi connectivity index (χ4v) is 2.28. The Labute approximate surface area is 108 Å². The normalized spacial score (nSPS) is 16.2. The van der Waals surface area contributed by atoms with Crippen molar-refractivity contribution in [3.8, 4) is 5.75 Å². The SMILES string of the molecule is CN(C)CCCc1cc(S(F)(F)(F)(F)F)ccc1O. The third-order valence-electron chi connectivity index (χ3n) is 2.55. The van der Waals surface area contributed by atoms with E-state index < -0.39 is 20.9 Å². The van der Waals surface area contributed by atoms with Crippen molar-refractivity contribution >= 4 is 10.2 Å². The van der Waals surface area contributed by atoms with E-state index in [0.717, 1.165) is 0 Å².